The summed E-state index contributed by atoms with van der Waals surface area (Å²) in [6.07, 6.45) is 1.69. The summed E-state index contributed by atoms with van der Waals surface area (Å²) >= 11 is 0. The minimum Gasteiger partial charge on any atom is -0.333 e. The first-order valence-corrected chi connectivity index (χ1v) is 6.37. The molecule has 0 aliphatic carbocycles. The number of hydrogen-bond acceptors (Lipinski definition) is 2. The zero-order valence-electron chi connectivity index (χ0n) is 12.2. The van der Waals surface area contributed by atoms with Gasteiger partial charge in [-0.1, -0.05) is 39.0 Å². The molecule has 0 unspecified atom stereocenters. The number of nitriles is 1. The summed E-state index contributed by atoms with van der Waals surface area (Å²) in [5.74, 6) is 0. The molecule has 0 saturated heterocycles. The van der Waals surface area contributed by atoms with Gasteiger partial charge in [-0.3, -0.25) is 0 Å². The third kappa shape index (κ3) is 2.39. The lowest BCUT2D eigenvalue weighted by Crippen LogP contribution is -2.11. The van der Waals surface area contributed by atoms with E-state index < -0.39 is 0 Å². The molecule has 0 bridgehead atoms. The van der Waals surface area contributed by atoms with Crippen molar-refractivity contribution in [1.29, 1.82) is 5.26 Å². The number of benzene rings is 1. The molecule has 0 saturated carbocycles. The minimum atomic E-state index is 0.133. The van der Waals surface area contributed by atoms with Crippen LogP contribution in [0.3, 0.4) is 0 Å². The predicted molar refractivity (Wildman–Crippen MR) is 76.8 cm³/mol. The van der Waals surface area contributed by atoms with Gasteiger partial charge in [0.1, 0.15) is 6.07 Å². The van der Waals surface area contributed by atoms with Crippen LogP contribution in [0.1, 0.15) is 37.6 Å². The Labute approximate surface area is 114 Å². The fourth-order valence-electron chi connectivity index (χ4n) is 2.23. The quantitative estimate of drug-likeness (QED) is 0.779. The van der Waals surface area contributed by atoms with E-state index in [1.165, 1.54) is 11.1 Å². The molecule has 98 valence electrons. The number of imidazole rings is 1. The van der Waals surface area contributed by atoms with E-state index in [0.29, 0.717) is 5.69 Å². The summed E-state index contributed by atoms with van der Waals surface area (Å²) < 4.78 is 1.90. The molecule has 0 N–H and O–H groups in total. The molecule has 0 fully saturated rings. The van der Waals surface area contributed by atoms with Crippen molar-refractivity contribution in [3.05, 3.63) is 41.3 Å². The third-order valence-electron chi connectivity index (χ3n) is 3.39. The van der Waals surface area contributed by atoms with Crippen molar-refractivity contribution in [3.8, 4) is 17.3 Å². The maximum absolute atomic E-state index is 9.14. The Morgan fingerprint density at radius 3 is 2.47 bits per heavy atom. The highest BCUT2D eigenvalue weighted by Crippen LogP contribution is 2.30. The SMILES string of the molecule is Cc1cc(C(C)(C)C)ccc1-c1c(C#N)ncn1C. The molecule has 19 heavy (non-hydrogen) atoms. The average molecular weight is 253 g/mol. The number of aromatic nitrogens is 2. The van der Waals surface area contributed by atoms with Crippen LogP contribution in [0.15, 0.2) is 24.5 Å². The van der Waals surface area contributed by atoms with Gasteiger partial charge in [0, 0.05) is 12.6 Å². The van der Waals surface area contributed by atoms with Crippen molar-refractivity contribution in [3.63, 3.8) is 0 Å². The van der Waals surface area contributed by atoms with Crippen LogP contribution in [-0.4, -0.2) is 9.55 Å². The molecule has 0 spiro atoms. The smallest absolute Gasteiger partial charge is 0.166 e. The fraction of sp³-hybridized carbons (Fsp3) is 0.375. The maximum Gasteiger partial charge on any atom is 0.166 e. The van der Waals surface area contributed by atoms with Gasteiger partial charge in [0.05, 0.1) is 12.0 Å². The molecule has 1 aromatic carbocycles. The minimum absolute atomic E-state index is 0.133. The van der Waals surface area contributed by atoms with E-state index >= 15 is 0 Å². The second kappa shape index (κ2) is 4.55. The number of aryl methyl sites for hydroxylation is 2. The van der Waals surface area contributed by atoms with Gasteiger partial charge in [-0.05, 0) is 23.5 Å². The van der Waals surface area contributed by atoms with E-state index in [4.69, 9.17) is 5.26 Å². The normalized spacial score (nSPS) is 11.4. The number of rotatable bonds is 1. The lowest BCUT2D eigenvalue weighted by atomic mass is 9.85. The summed E-state index contributed by atoms with van der Waals surface area (Å²) in [5.41, 5.74) is 5.05. The highest BCUT2D eigenvalue weighted by atomic mass is 15.0. The van der Waals surface area contributed by atoms with Gasteiger partial charge < -0.3 is 4.57 Å². The maximum atomic E-state index is 9.14. The molecule has 0 aliphatic rings. The van der Waals surface area contributed by atoms with Crippen molar-refractivity contribution < 1.29 is 0 Å². The van der Waals surface area contributed by atoms with Crippen molar-refractivity contribution in [2.45, 2.75) is 33.1 Å². The highest BCUT2D eigenvalue weighted by molar-refractivity contribution is 5.69. The van der Waals surface area contributed by atoms with Crippen LogP contribution in [0.4, 0.5) is 0 Å². The molecule has 0 atom stereocenters. The summed E-state index contributed by atoms with van der Waals surface area (Å²) in [4.78, 5) is 4.12. The number of nitrogens with zero attached hydrogens (tertiary/aromatic N) is 3. The van der Waals surface area contributed by atoms with Gasteiger partial charge in [-0.25, -0.2) is 4.98 Å². The summed E-state index contributed by atoms with van der Waals surface area (Å²) in [6.45, 7) is 8.68. The molecule has 2 aromatic rings. The third-order valence-corrected chi connectivity index (χ3v) is 3.39. The van der Waals surface area contributed by atoms with Crippen LogP contribution in [0.2, 0.25) is 0 Å². The fourth-order valence-corrected chi connectivity index (χ4v) is 2.23. The Morgan fingerprint density at radius 2 is 1.95 bits per heavy atom. The van der Waals surface area contributed by atoms with E-state index in [0.717, 1.165) is 11.3 Å². The zero-order valence-corrected chi connectivity index (χ0v) is 12.2. The van der Waals surface area contributed by atoms with Crippen LogP contribution in [-0.2, 0) is 12.5 Å². The largest absolute Gasteiger partial charge is 0.333 e. The molecule has 3 nitrogen and oxygen atoms in total. The molecule has 3 heteroatoms. The van der Waals surface area contributed by atoms with Gasteiger partial charge in [0.2, 0.25) is 0 Å². The van der Waals surface area contributed by atoms with E-state index in [1.807, 2.05) is 11.6 Å². The van der Waals surface area contributed by atoms with Crippen molar-refractivity contribution in [1.82, 2.24) is 9.55 Å². The van der Waals surface area contributed by atoms with Gasteiger partial charge in [0.25, 0.3) is 0 Å². The topological polar surface area (TPSA) is 41.6 Å². The summed E-state index contributed by atoms with van der Waals surface area (Å²) in [6, 6.07) is 8.58. The Kier molecular flexibility index (Phi) is 3.20. The van der Waals surface area contributed by atoms with Gasteiger partial charge in [-0.2, -0.15) is 5.26 Å². The Morgan fingerprint density at radius 1 is 1.26 bits per heavy atom. The summed E-state index contributed by atoms with van der Waals surface area (Å²) in [7, 11) is 1.92. The molecule has 1 heterocycles. The van der Waals surface area contributed by atoms with Crippen LogP contribution >= 0.6 is 0 Å². The molecule has 2 rings (SSSR count). The van der Waals surface area contributed by atoms with Crippen molar-refractivity contribution in [2.75, 3.05) is 0 Å². The van der Waals surface area contributed by atoms with Gasteiger partial charge in [0.15, 0.2) is 5.69 Å². The lowest BCUT2D eigenvalue weighted by molar-refractivity contribution is 0.590. The van der Waals surface area contributed by atoms with Crippen LogP contribution in [0.25, 0.3) is 11.3 Å². The van der Waals surface area contributed by atoms with Crippen LogP contribution in [0, 0.1) is 18.3 Å². The molecular weight excluding hydrogens is 234 g/mol. The molecular formula is C16H19N3. The zero-order chi connectivity index (χ0) is 14.2. The van der Waals surface area contributed by atoms with E-state index in [2.05, 4.69) is 56.9 Å². The predicted octanol–water partition coefficient (Wildman–Crippen LogP) is 3.56. The molecule has 0 radical (unpaired) electrons. The van der Waals surface area contributed by atoms with E-state index in [-0.39, 0.29) is 5.41 Å². The van der Waals surface area contributed by atoms with Crippen molar-refractivity contribution in [2.24, 2.45) is 7.05 Å². The van der Waals surface area contributed by atoms with E-state index in [9.17, 15) is 0 Å². The molecule has 0 amide bonds. The van der Waals surface area contributed by atoms with Gasteiger partial charge >= 0.3 is 0 Å². The first-order valence-electron chi connectivity index (χ1n) is 6.37. The first-order chi connectivity index (χ1) is 8.84. The first kappa shape index (κ1) is 13.4. The lowest BCUT2D eigenvalue weighted by Gasteiger charge is -2.20. The van der Waals surface area contributed by atoms with Crippen molar-refractivity contribution >= 4 is 0 Å². The Bertz CT molecular complexity index is 652. The number of hydrogen-bond donors (Lipinski definition) is 0. The monoisotopic (exact) mass is 253 g/mol. The average Bonchev–Trinajstić information content (AvgIpc) is 2.69. The molecule has 0 aliphatic heterocycles. The second-order valence-corrected chi connectivity index (χ2v) is 5.94. The standard InChI is InChI=1S/C16H19N3/c1-11-8-12(16(2,3)4)6-7-13(11)15-14(9-17)18-10-19(15)5/h6-8,10H,1-5H3. The van der Waals surface area contributed by atoms with E-state index in [1.54, 1.807) is 6.33 Å². The Hall–Kier alpha value is -2.08. The highest BCUT2D eigenvalue weighted by Gasteiger charge is 2.17. The van der Waals surface area contributed by atoms with Gasteiger partial charge in [-0.15, -0.1) is 0 Å². The van der Waals surface area contributed by atoms with Crippen LogP contribution < -0.4 is 0 Å². The second-order valence-electron chi connectivity index (χ2n) is 5.94. The van der Waals surface area contributed by atoms with Crippen LogP contribution in [0.5, 0.6) is 0 Å². The molecule has 1 aromatic heterocycles. The summed E-state index contributed by atoms with van der Waals surface area (Å²) in [5, 5.41) is 9.14. The Balaban J connectivity index is 2.60.